The molecule has 2 amide bonds. The van der Waals surface area contributed by atoms with Gasteiger partial charge in [-0.15, -0.1) is 0 Å². The number of hydrogen-bond donors (Lipinski definition) is 2. The van der Waals surface area contributed by atoms with Gasteiger partial charge in [-0.1, -0.05) is 55.7 Å². The highest BCUT2D eigenvalue weighted by atomic mass is 16.2. The number of fused-ring (bicyclic) bond motifs is 2. The topological polar surface area (TPSA) is 63.1 Å². The van der Waals surface area contributed by atoms with Gasteiger partial charge in [-0.25, -0.2) is 0 Å². The molecule has 2 aromatic carbocycles. The monoisotopic (exact) mass is 413 g/mol. The van der Waals surface area contributed by atoms with E-state index < -0.39 is 0 Å². The van der Waals surface area contributed by atoms with E-state index in [4.69, 9.17) is 0 Å². The van der Waals surface area contributed by atoms with Crippen LogP contribution in [0.1, 0.15) is 43.2 Å². The molecule has 1 aliphatic carbocycles. The molecule has 0 radical (unpaired) electrons. The van der Waals surface area contributed by atoms with Gasteiger partial charge in [-0.05, 0) is 37.0 Å². The molecule has 0 unspecified atom stereocenters. The third kappa shape index (κ3) is 4.00. The van der Waals surface area contributed by atoms with Gasteiger partial charge < -0.3 is 15.2 Å². The number of nitrogens with zero attached hydrogens (tertiary/aromatic N) is 1. The lowest BCUT2D eigenvalue weighted by Gasteiger charge is -2.21. The molecule has 2 N–H and O–H groups in total. The zero-order valence-corrected chi connectivity index (χ0v) is 17.6. The van der Waals surface area contributed by atoms with Crippen molar-refractivity contribution in [3.8, 4) is 0 Å². The summed E-state index contributed by atoms with van der Waals surface area (Å²) in [6, 6.07) is 15.7. The predicted molar refractivity (Wildman–Crippen MR) is 124 cm³/mol. The standard InChI is InChI=1S/C26H27N3O2/c30-25(27-15-18-8-2-1-3-9-18)17-29-16-19(20-10-5-7-13-24(20)29)14-22-21-11-4-6-12-23(21)28-26(22)31/h4-7,10-14,16,18H,1-3,8-9,15,17H2,(H,27,30)(H,28,31)/b22-14-. The number of anilines is 1. The first-order chi connectivity index (χ1) is 15.2. The van der Waals surface area contributed by atoms with Crippen molar-refractivity contribution in [1.82, 2.24) is 9.88 Å². The Morgan fingerprint density at radius 1 is 1.06 bits per heavy atom. The fourth-order valence-corrected chi connectivity index (χ4v) is 4.82. The van der Waals surface area contributed by atoms with E-state index in [1.807, 2.05) is 65.4 Å². The zero-order chi connectivity index (χ0) is 21.2. The van der Waals surface area contributed by atoms with Crippen molar-refractivity contribution >= 4 is 40.1 Å². The number of benzene rings is 2. The minimum absolute atomic E-state index is 0.0366. The van der Waals surface area contributed by atoms with Crippen LogP contribution in [-0.4, -0.2) is 22.9 Å². The van der Waals surface area contributed by atoms with Gasteiger partial charge in [-0.3, -0.25) is 9.59 Å². The largest absolute Gasteiger partial charge is 0.354 e. The van der Waals surface area contributed by atoms with Crippen LogP contribution in [0, 0.1) is 5.92 Å². The van der Waals surface area contributed by atoms with Gasteiger partial charge in [-0.2, -0.15) is 0 Å². The van der Waals surface area contributed by atoms with Gasteiger partial charge in [0.05, 0.1) is 0 Å². The van der Waals surface area contributed by atoms with Crippen molar-refractivity contribution in [2.45, 2.75) is 38.6 Å². The molecule has 1 fully saturated rings. The number of hydrogen-bond acceptors (Lipinski definition) is 2. The summed E-state index contributed by atoms with van der Waals surface area (Å²) in [5.74, 6) is 0.554. The number of nitrogens with one attached hydrogen (secondary N) is 2. The molecule has 1 aliphatic heterocycles. The normalized spacial score (nSPS) is 17.7. The Balaban J connectivity index is 1.40. The number of rotatable bonds is 5. The second kappa shape index (κ2) is 8.42. The van der Waals surface area contributed by atoms with E-state index in [-0.39, 0.29) is 18.4 Å². The van der Waals surface area contributed by atoms with Gasteiger partial charge in [0.15, 0.2) is 0 Å². The highest BCUT2D eigenvalue weighted by Gasteiger charge is 2.24. The summed E-state index contributed by atoms with van der Waals surface area (Å²) in [5, 5.41) is 7.09. The van der Waals surface area contributed by atoms with E-state index in [0.29, 0.717) is 11.5 Å². The smallest absolute Gasteiger partial charge is 0.256 e. The first-order valence-corrected chi connectivity index (χ1v) is 11.2. The molecule has 0 saturated heterocycles. The van der Waals surface area contributed by atoms with Gasteiger partial charge in [0.1, 0.15) is 6.54 Å². The molecule has 0 atom stereocenters. The van der Waals surface area contributed by atoms with E-state index >= 15 is 0 Å². The molecule has 31 heavy (non-hydrogen) atoms. The molecule has 2 heterocycles. The lowest BCUT2D eigenvalue weighted by atomic mass is 9.89. The first-order valence-electron chi connectivity index (χ1n) is 11.2. The zero-order valence-electron chi connectivity index (χ0n) is 17.6. The molecule has 158 valence electrons. The Labute approximate surface area is 182 Å². The van der Waals surface area contributed by atoms with Crippen molar-refractivity contribution in [1.29, 1.82) is 0 Å². The number of aromatic nitrogens is 1. The minimum Gasteiger partial charge on any atom is -0.354 e. The Kier molecular flexibility index (Phi) is 5.33. The van der Waals surface area contributed by atoms with Crippen LogP contribution in [0.5, 0.6) is 0 Å². The summed E-state index contributed by atoms with van der Waals surface area (Å²) in [7, 11) is 0. The summed E-state index contributed by atoms with van der Waals surface area (Å²) in [6.45, 7) is 1.05. The maximum atomic E-state index is 12.7. The van der Waals surface area contributed by atoms with Crippen LogP contribution >= 0.6 is 0 Å². The Morgan fingerprint density at radius 3 is 2.71 bits per heavy atom. The van der Waals surface area contributed by atoms with E-state index in [2.05, 4.69) is 10.6 Å². The van der Waals surface area contributed by atoms with Gasteiger partial charge >= 0.3 is 0 Å². The van der Waals surface area contributed by atoms with Gasteiger partial charge in [0.25, 0.3) is 5.91 Å². The van der Waals surface area contributed by atoms with E-state index in [1.165, 1.54) is 32.1 Å². The molecule has 5 heteroatoms. The second-order valence-corrected chi connectivity index (χ2v) is 8.60. The maximum Gasteiger partial charge on any atom is 0.256 e. The lowest BCUT2D eigenvalue weighted by molar-refractivity contribution is -0.121. The van der Waals surface area contributed by atoms with Crippen molar-refractivity contribution in [2.24, 2.45) is 5.92 Å². The van der Waals surface area contributed by atoms with Crippen LogP contribution in [-0.2, 0) is 16.1 Å². The van der Waals surface area contributed by atoms with E-state index in [9.17, 15) is 9.59 Å². The third-order valence-corrected chi connectivity index (χ3v) is 6.46. The number of para-hydroxylation sites is 2. The van der Waals surface area contributed by atoms with Crippen molar-refractivity contribution in [3.63, 3.8) is 0 Å². The van der Waals surface area contributed by atoms with E-state index in [1.54, 1.807) is 0 Å². The van der Waals surface area contributed by atoms with Gasteiger partial charge in [0, 0.05) is 46.0 Å². The molecule has 3 aromatic rings. The molecular formula is C26H27N3O2. The lowest BCUT2D eigenvalue weighted by Crippen LogP contribution is -2.32. The molecule has 0 bridgehead atoms. The van der Waals surface area contributed by atoms with Crippen LogP contribution in [0.15, 0.2) is 54.7 Å². The fourth-order valence-electron chi connectivity index (χ4n) is 4.82. The molecule has 5 rings (SSSR count). The highest BCUT2D eigenvalue weighted by molar-refractivity contribution is 6.35. The molecule has 0 spiro atoms. The fraction of sp³-hybridized carbons (Fsp3) is 0.308. The molecule has 1 saturated carbocycles. The van der Waals surface area contributed by atoms with Crippen LogP contribution in [0.25, 0.3) is 22.6 Å². The van der Waals surface area contributed by atoms with Crippen LogP contribution < -0.4 is 10.6 Å². The number of carbonyl (C=O) groups excluding carboxylic acids is 2. The van der Waals surface area contributed by atoms with Crippen LogP contribution in [0.2, 0.25) is 0 Å². The molecule has 2 aliphatic rings. The molecule has 1 aromatic heterocycles. The summed E-state index contributed by atoms with van der Waals surface area (Å²) in [5.41, 5.74) is 4.34. The average Bonchev–Trinajstić information content (AvgIpc) is 3.31. The molecule has 5 nitrogen and oxygen atoms in total. The van der Waals surface area contributed by atoms with Crippen molar-refractivity contribution < 1.29 is 9.59 Å². The minimum atomic E-state index is -0.0942. The number of amides is 2. The van der Waals surface area contributed by atoms with Gasteiger partial charge in [0.2, 0.25) is 5.91 Å². The third-order valence-electron chi connectivity index (χ3n) is 6.46. The summed E-state index contributed by atoms with van der Waals surface area (Å²) >= 11 is 0. The molecular weight excluding hydrogens is 386 g/mol. The first kappa shape index (κ1) is 19.6. The SMILES string of the molecule is O=C(Cn1cc(/C=C2\C(=O)Nc3ccccc32)c2ccccc21)NCC1CCCCC1. The highest BCUT2D eigenvalue weighted by Crippen LogP contribution is 2.34. The van der Waals surface area contributed by atoms with Crippen LogP contribution in [0.3, 0.4) is 0 Å². The second-order valence-electron chi connectivity index (χ2n) is 8.60. The van der Waals surface area contributed by atoms with E-state index in [0.717, 1.165) is 34.3 Å². The Hall–Kier alpha value is -3.34. The van der Waals surface area contributed by atoms with Crippen molar-refractivity contribution in [2.75, 3.05) is 11.9 Å². The summed E-state index contributed by atoms with van der Waals surface area (Å²) in [6.07, 6.45) is 10.2. The maximum absolute atomic E-state index is 12.7. The predicted octanol–water partition coefficient (Wildman–Crippen LogP) is 4.83. The Bertz CT molecular complexity index is 1170. The van der Waals surface area contributed by atoms with Crippen molar-refractivity contribution in [3.05, 3.63) is 65.9 Å². The van der Waals surface area contributed by atoms with Crippen LogP contribution in [0.4, 0.5) is 5.69 Å². The summed E-state index contributed by atoms with van der Waals surface area (Å²) < 4.78 is 1.98. The quantitative estimate of drug-likeness (QED) is 0.589. The Morgan fingerprint density at radius 2 is 1.84 bits per heavy atom. The average molecular weight is 414 g/mol. The summed E-state index contributed by atoms with van der Waals surface area (Å²) in [4.78, 5) is 25.2. The number of carbonyl (C=O) groups is 2.